The topological polar surface area (TPSA) is 3.24 Å². The smallest absolute Gasteiger partial charge is 0.0465 e. The maximum Gasteiger partial charge on any atom is 0.0465 e. The zero-order valence-corrected chi connectivity index (χ0v) is 35.0. The van der Waals surface area contributed by atoms with E-state index >= 15 is 0 Å². The fourth-order valence-corrected chi connectivity index (χ4v) is 9.58. The summed E-state index contributed by atoms with van der Waals surface area (Å²) in [6, 6.07) is 86.5. The lowest BCUT2D eigenvalue weighted by molar-refractivity contribution is 0.660. The largest absolute Gasteiger partial charge is 0.310 e. The van der Waals surface area contributed by atoms with Gasteiger partial charge in [-0.05, 0) is 149 Å². The average molecular weight is 792 g/mol. The van der Waals surface area contributed by atoms with Crippen molar-refractivity contribution in [3.63, 3.8) is 0 Å². The van der Waals surface area contributed by atoms with Crippen molar-refractivity contribution in [2.75, 3.05) is 4.90 Å². The molecule has 0 heterocycles. The Morgan fingerprint density at radius 2 is 0.710 bits per heavy atom. The quantitative estimate of drug-likeness (QED) is 0.148. The van der Waals surface area contributed by atoms with Crippen LogP contribution in [0.3, 0.4) is 0 Å². The van der Waals surface area contributed by atoms with Crippen molar-refractivity contribution in [1.29, 1.82) is 0 Å². The van der Waals surface area contributed by atoms with E-state index in [1.807, 2.05) is 0 Å². The fourth-order valence-electron chi connectivity index (χ4n) is 9.58. The Hall–Kier alpha value is -7.74. The van der Waals surface area contributed by atoms with Gasteiger partial charge in [-0.3, -0.25) is 0 Å². The van der Waals surface area contributed by atoms with Gasteiger partial charge in [0.2, 0.25) is 0 Å². The second kappa shape index (κ2) is 15.4. The highest BCUT2D eigenvalue weighted by Crippen LogP contribution is 2.52. The molecule has 0 aromatic heterocycles. The lowest BCUT2D eigenvalue weighted by Gasteiger charge is -2.28. The van der Waals surface area contributed by atoms with E-state index in [-0.39, 0.29) is 5.41 Å². The van der Waals surface area contributed by atoms with E-state index < -0.39 is 0 Å². The molecule has 0 fully saturated rings. The van der Waals surface area contributed by atoms with Crippen molar-refractivity contribution >= 4 is 27.8 Å². The number of para-hydroxylation sites is 1. The normalized spacial score (nSPS) is 12.5. The molecular weight excluding hydrogens is 747 g/mol. The van der Waals surface area contributed by atoms with E-state index in [1.54, 1.807) is 0 Å². The summed E-state index contributed by atoms with van der Waals surface area (Å²) in [6.45, 7) is 4.76. The molecule has 294 valence electrons. The molecule has 0 atom stereocenters. The Labute approximate surface area is 364 Å². The standard InChI is InChI=1S/C61H45N/c1-61(2)59-40-48(44-25-27-47(28-26-44)56-24-14-20-46-19-12-13-23-55(46)56)31-35-57(59)58-36-34-54(41-60(58)61)62(52-21-10-5-11-22-52)53-32-29-45(30-33-53)51-38-49(42-15-6-3-7-16-42)37-50(39-51)43-17-8-4-9-18-43/h3-41H,1-2H3. The Balaban J connectivity index is 0.928. The summed E-state index contributed by atoms with van der Waals surface area (Å²) in [5, 5.41) is 2.55. The second-order valence-electron chi connectivity index (χ2n) is 17.0. The molecule has 0 unspecified atom stereocenters. The van der Waals surface area contributed by atoms with Crippen molar-refractivity contribution in [2.24, 2.45) is 0 Å². The Bertz CT molecular complexity index is 3160. The number of fused-ring (bicyclic) bond motifs is 4. The van der Waals surface area contributed by atoms with Gasteiger partial charge in [-0.2, -0.15) is 0 Å². The van der Waals surface area contributed by atoms with E-state index in [0.717, 1.165) is 17.1 Å². The lowest BCUT2D eigenvalue weighted by atomic mass is 9.81. The molecular formula is C61H45N. The molecule has 0 spiro atoms. The SMILES string of the molecule is CC1(C)c2cc(-c3ccc(-c4cccc5ccccc45)cc3)ccc2-c2ccc(N(c3ccccc3)c3ccc(-c4cc(-c5ccccc5)cc(-c5ccccc5)c4)cc3)cc21. The summed E-state index contributed by atoms with van der Waals surface area (Å²) in [4.78, 5) is 2.39. The number of anilines is 3. The fraction of sp³-hybridized carbons (Fsp3) is 0.0492. The van der Waals surface area contributed by atoms with Crippen LogP contribution in [0.25, 0.3) is 77.5 Å². The van der Waals surface area contributed by atoms with Crippen LogP contribution in [-0.4, -0.2) is 0 Å². The molecule has 1 aliphatic carbocycles. The van der Waals surface area contributed by atoms with Crippen molar-refractivity contribution in [3.05, 3.63) is 248 Å². The van der Waals surface area contributed by atoms with E-state index in [1.165, 1.54) is 88.7 Å². The molecule has 0 radical (unpaired) electrons. The molecule has 0 saturated heterocycles. The van der Waals surface area contributed by atoms with Gasteiger partial charge in [0.05, 0.1) is 0 Å². The maximum atomic E-state index is 2.42. The van der Waals surface area contributed by atoms with Gasteiger partial charge < -0.3 is 4.90 Å². The summed E-state index contributed by atoms with van der Waals surface area (Å²) in [5.74, 6) is 0. The van der Waals surface area contributed by atoms with Crippen LogP contribution in [0.5, 0.6) is 0 Å². The molecule has 0 amide bonds. The van der Waals surface area contributed by atoms with Gasteiger partial charge >= 0.3 is 0 Å². The summed E-state index contributed by atoms with van der Waals surface area (Å²) in [6.07, 6.45) is 0. The minimum atomic E-state index is -0.188. The zero-order chi connectivity index (χ0) is 41.6. The Kier molecular flexibility index (Phi) is 9.24. The maximum absolute atomic E-state index is 2.42. The predicted molar refractivity (Wildman–Crippen MR) is 263 cm³/mol. The van der Waals surface area contributed by atoms with E-state index in [9.17, 15) is 0 Å². The Morgan fingerprint density at radius 1 is 0.274 bits per heavy atom. The molecule has 11 rings (SSSR count). The number of nitrogens with zero attached hydrogens (tertiary/aromatic N) is 1. The first-order valence-electron chi connectivity index (χ1n) is 21.6. The van der Waals surface area contributed by atoms with Gasteiger partial charge in [-0.25, -0.2) is 0 Å². The molecule has 0 N–H and O–H groups in total. The third-order valence-corrected chi connectivity index (χ3v) is 12.9. The van der Waals surface area contributed by atoms with Crippen LogP contribution in [0.15, 0.2) is 237 Å². The third-order valence-electron chi connectivity index (χ3n) is 12.9. The summed E-state index contributed by atoms with van der Waals surface area (Å²) >= 11 is 0. The van der Waals surface area contributed by atoms with Crippen LogP contribution in [0.1, 0.15) is 25.0 Å². The molecule has 10 aromatic carbocycles. The highest BCUT2D eigenvalue weighted by atomic mass is 15.1. The van der Waals surface area contributed by atoms with Crippen molar-refractivity contribution in [1.82, 2.24) is 0 Å². The lowest BCUT2D eigenvalue weighted by Crippen LogP contribution is -2.16. The molecule has 1 nitrogen and oxygen atoms in total. The first-order chi connectivity index (χ1) is 30.5. The monoisotopic (exact) mass is 791 g/mol. The summed E-state index contributed by atoms with van der Waals surface area (Å²) < 4.78 is 0. The molecule has 62 heavy (non-hydrogen) atoms. The van der Waals surface area contributed by atoms with Gasteiger partial charge in [0.1, 0.15) is 0 Å². The summed E-state index contributed by atoms with van der Waals surface area (Å²) in [5.41, 5.74) is 20.7. The van der Waals surface area contributed by atoms with Crippen LogP contribution < -0.4 is 4.90 Å². The summed E-state index contributed by atoms with van der Waals surface area (Å²) in [7, 11) is 0. The van der Waals surface area contributed by atoms with E-state index in [0.29, 0.717) is 0 Å². The predicted octanol–water partition coefficient (Wildman–Crippen LogP) is 17.0. The van der Waals surface area contributed by atoms with Crippen LogP contribution in [0.4, 0.5) is 17.1 Å². The van der Waals surface area contributed by atoms with Crippen LogP contribution in [0, 0.1) is 0 Å². The van der Waals surface area contributed by atoms with Gasteiger partial charge in [0.25, 0.3) is 0 Å². The first kappa shape index (κ1) is 37.3. The van der Waals surface area contributed by atoms with Crippen molar-refractivity contribution < 1.29 is 0 Å². The van der Waals surface area contributed by atoms with Crippen molar-refractivity contribution in [3.8, 4) is 66.8 Å². The molecule has 1 heteroatoms. The minimum Gasteiger partial charge on any atom is -0.310 e. The third kappa shape index (κ3) is 6.69. The van der Waals surface area contributed by atoms with Crippen LogP contribution in [0.2, 0.25) is 0 Å². The Morgan fingerprint density at radius 3 is 1.35 bits per heavy atom. The molecule has 0 aliphatic heterocycles. The minimum absolute atomic E-state index is 0.188. The van der Waals surface area contributed by atoms with Gasteiger partial charge in [-0.1, -0.05) is 190 Å². The first-order valence-corrected chi connectivity index (χ1v) is 21.6. The second-order valence-corrected chi connectivity index (χ2v) is 17.0. The van der Waals surface area contributed by atoms with E-state index in [4.69, 9.17) is 0 Å². The van der Waals surface area contributed by atoms with Gasteiger partial charge in [-0.15, -0.1) is 0 Å². The van der Waals surface area contributed by atoms with E-state index in [2.05, 4.69) is 255 Å². The van der Waals surface area contributed by atoms with Crippen LogP contribution in [-0.2, 0) is 5.41 Å². The molecule has 0 saturated carbocycles. The zero-order valence-electron chi connectivity index (χ0n) is 35.0. The van der Waals surface area contributed by atoms with Gasteiger partial charge in [0, 0.05) is 22.5 Å². The van der Waals surface area contributed by atoms with Crippen LogP contribution >= 0.6 is 0 Å². The average Bonchev–Trinajstić information content (AvgIpc) is 3.57. The molecule has 1 aliphatic rings. The highest BCUT2D eigenvalue weighted by Gasteiger charge is 2.36. The number of hydrogen-bond donors (Lipinski definition) is 0. The van der Waals surface area contributed by atoms with Crippen molar-refractivity contribution in [2.45, 2.75) is 19.3 Å². The number of rotatable bonds is 8. The number of hydrogen-bond acceptors (Lipinski definition) is 1. The number of benzene rings is 10. The molecule has 10 aromatic rings. The highest BCUT2D eigenvalue weighted by molar-refractivity contribution is 5.97. The molecule has 0 bridgehead atoms. The van der Waals surface area contributed by atoms with Gasteiger partial charge in [0.15, 0.2) is 0 Å².